The average molecular weight is 390 g/mol. The highest BCUT2D eigenvalue weighted by atomic mass is 32.1. The van der Waals surface area contributed by atoms with Gasteiger partial charge in [-0.05, 0) is 36.8 Å². The summed E-state index contributed by atoms with van der Waals surface area (Å²) in [5, 5.41) is 9.92. The van der Waals surface area contributed by atoms with Crippen LogP contribution in [0.25, 0.3) is 16.3 Å². The first-order chi connectivity index (χ1) is 13.7. The Balaban J connectivity index is 1.36. The predicted molar refractivity (Wildman–Crippen MR) is 107 cm³/mol. The number of aromatic nitrogens is 5. The van der Waals surface area contributed by atoms with E-state index in [1.807, 2.05) is 48.7 Å². The molecule has 8 heteroatoms. The first kappa shape index (κ1) is 18.0. The molecule has 4 aromatic rings. The Morgan fingerprint density at radius 2 is 2.07 bits per heavy atom. The maximum atomic E-state index is 12.4. The minimum Gasteiger partial charge on any atom is -0.349 e. The summed E-state index contributed by atoms with van der Waals surface area (Å²) in [6, 6.07) is 11.6. The van der Waals surface area contributed by atoms with Gasteiger partial charge in [-0.25, -0.2) is 14.6 Å². The predicted octanol–water partition coefficient (Wildman–Crippen LogP) is 3.21. The molecule has 0 bridgehead atoms. The van der Waals surface area contributed by atoms with Gasteiger partial charge in [0.25, 0.3) is 0 Å². The van der Waals surface area contributed by atoms with Crippen LogP contribution in [0, 0.1) is 0 Å². The Morgan fingerprint density at radius 3 is 2.79 bits per heavy atom. The third-order valence-electron chi connectivity index (χ3n) is 4.26. The Kier molecular flexibility index (Phi) is 5.20. The standard InChI is InChI=1S/C20H18N6OS/c1-14(15-4-6-18(7-5-15)26-13-22-12-23-26)24-19(27)9-17-11-28-20(25-17)16-3-2-8-21-10-16/h2-8,10-14H,9H2,1H3,(H,24,27)/t14-/m1/s1. The van der Waals surface area contributed by atoms with Crippen molar-refractivity contribution in [1.82, 2.24) is 30.0 Å². The molecule has 0 unspecified atom stereocenters. The van der Waals surface area contributed by atoms with Gasteiger partial charge < -0.3 is 5.32 Å². The van der Waals surface area contributed by atoms with E-state index < -0.39 is 0 Å². The van der Waals surface area contributed by atoms with E-state index in [0.29, 0.717) is 0 Å². The SMILES string of the molecule is C[C@@H](NC(=O)Cc1csc(-c2cccnc2)n1)c1ccc(-n2cncn2)cc1. The van der Waals surface area contributed by atoms with Crippen LogP contribution < -0.4 is 5.32 Å². The van der Waals surface area contributed by atoms with Crippen LogP contribution in [0.2, 0.25) is 0 Å². The summed E-state index contributed by atoms with van der Waals surface area (Å²) in [6.07, 6.45) is 6.89. The lowest BCUT2D eigenvalue weighted by Gasteiger charge is -2.14. The van der Waals surface area contributed by atoms with E-state index in [1.54, 1.807) is 23.4 Å². The minimum atomic E-state index is -0.103. The fourth-order valence-electron chi connectivity index (χ4n) is 2.81. The number of carbonyl (C=O) groups excluding carboxylic acids is 1. The summed E-state index contributed by atoms with van der Waals surface area (Å²) < 4.78 is 1.69. The van der Waals surface area contributed by atoms with E-state index in [-0.39, 0.29) is 18.4 Å². The molecule has 0 saturated heterocycles. The molecule has 3 heterocycles. The van der Waals surface area contributed by atoms with Crippen LogP contribution >= 0.6 is 11.3 Å². The van der Waals surface area contributed by atoms with Gasteiger partial charge in [0.1, 0.15) is 17.7 Å². The number of pyridine rings is 1. The van der Waals surface area contributed by atoms with Gasteiger partial charge in [-0.1, -0.05) is 12.1 Å². The number of nitrogens with zero attached hydrogens (tertiary/aromatic N) is 5. The number of thiazole rings is 1. The number of nitrogens with one attached hydrogen (secondary N) is 1. The summed E-state index contributed by atoms with van der Waals surface area (Å²) in [7, 11) is 0. The van der Waals surface area contributed by atoms with Crippen molar-refractivity contribution in [2.24, 2.45) is 0 Å². The van der Waals surface area contributed by atoms with Crippen molar-refractivity contribution in [1.29, 1.82) is 0 Å². The zero-order valence-corrected chi connectivity index (χ0v) is 16.0. The second-order valence-corrected chi connectivity index (χ2v) is 7.14. The topological polar surface area (TPSA) is 85.6 Å². The van der Waals surface area contributed by atoms with E-state index >= 15 is 0 Å². The molecule has 0 saturated carbocycles. The summed E-state index contributed by atoms with van der Waals surface area (Å²) in [4.78, 5) is 25.0. The molecule has 0 spiro atoms. The number of benzene rings is 1. The maximum Gasteiger partial charge on any atom is 0.226 e. The van der Waals surface area contributed by atoms with Crippen molar-refractivity contribution in [3.05, 3.63) is 78.1 Å². The molecule has 0 aliphatic rings. The Morgan fingerprint density at radius 1 is 1.21 bits per heavy atom. The van der Waals surface area contributed by atoms with Crippen LogP contribution in [0.5, 0.6) is 0 Å². The lowest BCUT2D eigenvalue weighted by molar-refractivity contribution is -0.121. The third-order valence-corrected chi connectivity index (χ3v) is 5.20. The van der Waals surface area contributed by atoms with Gasteiger partial charge in [0.2, 0.25) is 5.91 Å². The number of hydrogen-bond acceptors (Lipinski definition) is 6. The quantitative estimate of drug-likeness (QED) is 0.546. The highest BCUT2D eigenvalue weighted by Crippen LogP contribution is 2.23. The average Bonchev–Trinajstić information content (AvgIpc) is 3.41. The molecule has 1 aromatic carbocycles. The number of carbonyl (C=O) groups is 1. The second kappa shape index (κ2) is 8.10. The van der Waals surface area contributed by atoms with E-state index in [1.165, 1.54) is 17.7 Å². The molecule has 28 heavy (non-hydrogen) atoms. The van der Waals surface area contributed by atoms with Crippen LogP contribution in [0.15, 0.2) is 66.8 Å². The van der Waals surface area contributed by atoms with Crippen LogP contribution in [0.4, 0.5) is 0 Å². The normalized spacial score (nSPS) is 11.9. The molecular weight excluding hydrogens is 372 g/mol. The highest BCUT2D eigenvalue weighted by molar-refractivity contribution is 7.13. The molecule has 1 amide bonds. The lowest BCUT2D eigenvalue weighted by atomic mass is 10.1. The van der Waals surface area contributed by atoms with Gasteiger partial charge in [-0.2, -0.15) is 5.10 Å². The molecule has 4 rings (SSSR count). The first-order valence-corrected chi connectivity index (χ1v) is 9.66. The van der Waals surface area contributed by atoms with E-state index in [0.717, 1.165) is 27.5 Å². The summed E-state index contributed by atoms with van der Waals surface area (Å²) in [5.74, 6) is -0.0594. The molecule has 0 radical (unpaired) electrons. The van der Waals surface area contributed by atoms with Crippen LogP contribution in [-0.4, -0.2) is 30.6 Å². The summed E-state index contributed by atoms with van der Waals surface area (Å²) in [5.41, 5.74) is 3.66. The number of hydrogen-bond donors (Lipinski definition) is 1. The fourth-order valence-corrected chi connectivity index (χ4v) is 3.62. The van der Waals surface area contributed by atoms with Gasteiger partial charge in [0.15, 0.2) is 0 Å². The first-order valence-electron chi connectivity index (χ1n) is 8.78. The van der Waals surface area contributed by atoms with E-state index in [2.05, 4.69) is 25.4 Å². The number of rotatable bonds is 6. The van der Waals surface area contributed by atoms with Gasteiger partial charge in [-0.15, -0.1) is 11.3 Å². The lowest BCUT2D eigenvalue weighted by Crippen LogP contribution is -2.28. The Hall–Kier alpha value is -3.39. The van der Waals surface area contributed by atoms with Crippen molar-refractivity contribution >= 4 is 17.2 Å². The minimum absolute atomic E-state index is 0.0594. The molecule has 0 fully saturated rings. The molecule has 0 aliphatic heterocycles. The van der Waals surface area contributed by atoms with Crippen LogP contribution in [0.3, 0.4) is 0 Å². The van der Waals surface area contributed by atoms with Crippen molar-refractivity contribution < 1.29 is 4.79 Å². The second-order valence-electron chi connectivity index (χ2n) is 6.28. The zero-order chi connectivity index (χ0) is 19.3. The van der Waals surface area contributed by atoms with Crippen molar-refractivity contribution in [2.45, 2.75) is 19.4 Å². The smallest absolute Gasteiger partial charge is 0.226 e. The monoisotopic (exact) mass is 390 g/mol. The molecule has 140 valence electrons. The number of amides is 1. The Labute approximate surface area is 166 Å². The summed E-state index contributed by atoms with van der Waals surface area (Å²) >= 11 is 1.52. The maximum absolute atomic E-state index is 12.4. The molecule has 3 aromatic heterocycles. The molecule has 7 nitrogen and oxygen atoms in total. The zero-order valence-electron chi connectivity index (χ0n) is 15.2. The molecule has 0 aliphatic carbocycles. The van der Waals surface area contributed by atoms with Gasteiger partial charge >= 0.3 is 0 Å². The third kappa shape index (κ3) is 4.12. The van der Waals surface area contributed by atoms with Crippen LogP contribution in [0.1, 0.15) is 24.2 Å². The van der Waals surface area contributed by atoms with Crippen molar-refractivity contribution in [3.63, 3.8) is 0 Å². The van der Waals surface area contributed by atoms with Gasteiger partial charge in [0, 0.05) is 23.3 Å². The molecule has 1 N–H and O–H groups in total. The molecular formula is C20H18N6OS. The van der Waals surface area contributed by atoms with Crippen molar-refractivity contribution in [2.75, 3.05) is 0 Å². The summed E-state index contributed by atoms with van der Waals surface area (Å²) in [6.45, 7) is 1.96. The highest BCUT2D eigenvalue weighted by Gasteiger charge is 2.13. The van der Waals surface area contributed by atoms with Crippen LogP contribution in [-0.2, 0) is 11.2 Å². The van der Waals surface area contributed by atoms with Gasteiger partial charge in [-0.3, -0.25) is 9.78 Å². The Bertz CT molecular complexity index is 1040. The fraction of sp³-hybridized carbons (Fsp3) is 0.150. The molecule has 1 atom stereocenters. The van der Waals surface area contributed by atoms with E-state index in [4.69, 9.17) is 0 Å². The van der Waals surface area contributed by atoms with Gasteiger partial charge in [0.05, 0.1) is 23.8 Å². The largest absolute Gasteiger partial charge is 0.349 e. The van der Waals surface area contributed by atoms with E-state index in [9.17, 15) is 4.79 Å². The van der Waals surface area contributed by atoms with Crippen molar-refractivity contribution in [3.8, 4) is 16.3 Å².